The van der Waals surface area contributed by atoms with E-state index in [1.807, 2.05) is 48.5 Å². The minimum Gasteiger partial charge on any atom is -0.497 e. The van der Waals surface area contributed by atoms with Crippen LogP contribution in [-0.4, -0.2) is 56.0 Å². The number of nitrogens with one attached hydrogen (secondary N) is 2. The lowest BCUT2D eigenvalue weighted by Gasteiger charge is -2.35. The molecule has 0 aliphatic carbocycles. The Morgan fingerprint density at radius 2 is 1.83 bits per heavy atom. The molecular weight excluding hydrogens is 398 g/mol. The number of benzene rings is 2. The van der Waals surface area contributed by atoms with Gasteiger partial charge in [-0.05, 0) is 80.5 Å². The molecule has 2 N–H and O–H groups in total. The molecule has 2 heterocycles. The van der Waals surface area contributed by atoms with Crippen LogP contribution in [0.4, 0.5) is 5.69 Å². The van der Waals surface area contributed by atoms with E-state index < -0.39 is 0 Å². The summed E-state index contributed by atoms with van der Waals surface area (Å²) in [4.78, 5) is 2.48. The molecule has 2 aromatic rings. The Balaban J connectivity index is 1.15. The Morgan fingerprint density at radius 1 is 1.10 bits per heavy atom. The van der Waals surface area contributed by atoms with E-state index in [1.165, 1.54) is 0 Å². The van der Waals surface area contributed by atoms with E-state index in [1.54, 1.807) is 7.11 Å². The van der Waals surface area contributed by atoms with Crippen LogP contribution in [0.5, 0.6) is 17.2 Å². The van der Waals surface area contributed by atoms with E-state index in [4.69, 9.17) is 26.4 Å². The molecule has 1 unspecified atom stereocenters. The molecule has 160 valence electrons. The quantitative estimate of drug-likeness (QED) is 0.684. The maximum absolute atomic E-state index is 6.10. The summed E-state index contributed by atoms with van der Waals surface area (Å²) in [5.74, 6) is 3.16. The normalized spacial score (nSPS) is 19.2. The molecule has 0 aromatic heterocycles. The highest BCUT2D eigenvalue weighted by Gasteiger charge is 2.26. The summed E-state index contributed by atoms with van der Waals surface area (Å²) in [6.45, 7) is 4.57. The van der Waals surface area contributed by atoms with Gasteiger partial charge >= 0.3 is 0 Å². The molecule has 2 aliphatic heterocycles. The number of methoxy groups -OCH3 is 1. The Kier molecular flexibility index (Phi) is 6.92. The van der Waals surface area contributed by atoms with Crippen molar-refractivity contribution < 1.29 is 14.2 Å². The van der Waals surface area contributed by atoms with Crippen molar-refractivity contribution in [2.24, 2.45) is 5.92 Å². The molecule has 1 fully saturated rings. The van der Waals surface area contributed by atoms with Crippen molar-refractivity contribution >= 4 is 23.0 Å². The van der Waals surface area contributed by atoms with Crippen LogP contribution < -0.4 is 24.8 Å². The summed E-state index contributed by atoms with van der Waals surface area (Å²) in [5, 5.41) is 7.25. The van der Waals surface area contributed by atoms with E-state index in [9.17, 15) is 0 Å². The fourth-order valence-electron chi connectivity index (χ4n) is 3.90. The highest BCUT2D eigenvalue weighted by molar-refractivity contribution is 7.80. The zero-order valence-corrected chi connectivity index (χ0v) is 18.1. The van der Waals surface area contributed by atoms with Crippen LogP contribution in [0.3, 0.4) is 0 Å². The Hall–Kier alpha value is -2.51. The number of likely N-dealkylation sites (tertiary alicyclic amines) is 1. The number of para-hydroxylation sites is 2. The second kappa shape index (κ2) is 10.00. The van der Waals surface area contributed by atoms with Crippen LogP contribution in [0.1, 0.15) is 12.8 Å². The maximum atomic E-state index is 6.10. The zero-order valence-electron chi connectivity index (χ0n) is 17.3. The van der Waals surface area contributed by atoms with Crippen LogP contribution in [-0.2, 0) is 0 Å². The van der Waals surface area contributed by atoms with Crippen LogP contribution in [0.2, 0.25) is 0 Å². The lowest BCUT2D eigenvalue weighted by Crippen LogP contribution is -2.45. The highest BCUT2D eigenvalue weighted by atomic mass is 32.1. The van der Waals surface area contributed by atoms with Gasteiger partial charge in [0.2, 0.25) is 0 Å². The van der Waals surface area contributed by atoms with Crippen molar-refractivity contribution in [2.75, 3.05) is 45.2 Å². The summed E-state index contributed by atoms with van der Waals surface area (Å²) in [6.07, 6.45) is 2.40. The highest BCUT2D eigenvalue weighted by Crippen LogP contribution is 2.31. The van der Waals surface area contributed by atoms with Crippen molar-refractivity contribution in [2.45, 2.75) is 18.9 Å². The van der Waals surface area contributed by atoms with Crippen LogP contribution in [0.25, 0.3) is 0 Å². The molecule has 1 atom stereocenters. The molecule has 1 saturated heterocycles. The van der Waals surface area contributed by atoms with Crippen molar-refractivity contribution in [1.82, 2.24) is 10.2 Å². The van der Waals surface area contributed by atoms with Gasteiger partial charge in [0.05, 0.1) is 7.11 Å². The fourth-order valence-corrected chi connectivity index (χ4v) is 4.10. The van der Waals surface area contributed by atoms with Crippen molar-refractivity contribution in [3.05, 3.63) is 48.5 Å². The van der Waals surface area contributed by atoms with Crippen LogP contribution >= 0.6 is 12.2 Å². The smallest absolute Gasteiger partial charge is 0.170 e. The molecule has 4 rings (SSSR count). The van der Waals surface area contributed by atoms with Gasteiger partial charge in [-0.3, -0.25) is 4.90 Å². The molecule has 2 aliphatic rings. The number of fused-ring (bicyclic) bond motifs is 1. The molecule has 7 heteroatoms. The first-order chi connectivity index (χ1) is 14.7. The number of ether oxygens (including phenoxy) is 3. The van der Waals surface area contributed by atoms with Gasteiger partial charge in [0.1, 0.15) is 18.5 Å². The van der Waals surface area contributed by atoms with Crippen molar-refractivity contribution in [1.29, 1.82) is 0 Å². The average Bonchev–Trinajstić information content (AvgIpc) is 2.79. The first kappa shape index (κ1) is 20.8. The Bertz CT molecular complexity index is 838. The second-order valence-corrected chi connectivity index (χ2v) is 8.21. The maximum Gasteiger partial charge on any atom is 0.170 e. The molecule has 0 radical (unpaired) electrons. The molecule has 0 saturated carbocycles. The zero-order chi connectivity index (χ0) is 20.8. The second-order valence-electron chi connectivity index (χ2n) is 7.81. The van der Waals surface area contributed by atoms with Crippen molar-refractivity contribution in [3.8, 4) is 17.2 Å². The fraction of sp³-hybridized carbons (Fsp3) is 0.435. The minimum atomic E-state index is 0.0934. The van der Waals surface area contributed by atoms with Gasteiger partial charge < -0.3 is 24.8 Å². The predicted molar refractivity (Wildman–Crippen MR) is 123 cm³/mol. The van der Waals surface area contributed by atoms with Gasteiger partial charge in [0.15, 0.2) is 16.6 Å². The third kappa shape index (κ3) is 5.55. The van der Waals surface area contributed by atoms with E-state index in [0.717, 1.165) is 62.0 Å². The lowest BCUT2D eigenvalue weighted by atomic mass is 9.96. The van der Waals surface area contributed by atoms with E-state index in [0.29, 0.717) is 17.6 Å². The van der Waals surface area contributed by atoms with Gasteiger partial charge in [0, 0.05) is 18.8 Å². The first-order valence-electron chi connectivity index (χ1n) is 10.5. The van der Waals surface area contributed by atoms with Gasteiger partial charge in [-0.25, -0.2) is 0 Å². The summed E-state index contributed by atoms with van der Waals surface area (Å²) in [6, 6.07) is 15.6. The number of hydrogen-bond donors (Lipinski definition) is 2. The first-order valence-corrected chi connectivity index (χ1v) is 10.9. The number of piperidine rings is 1. The number of hydrogen-bond acceptors (Lipinski definition) is 5. The van der Waals surface area contributed by atoms with Crippen LogP contribution in [0.15, 0.2) is 48.5 Å². The summed E-state index contributed by atoms with van der Waals surface area (Å²) in [7, 11) is 1.66. The number of anilines is 1. The standard InChI is InChI=1S/C23H29N3O3S/c1-27-19-8-6-18(7-9-19)25-23(30)24-14-17-10-12-26(13-11-17)15-20-16-28-21-4-2-3-5-22(21)29-20/h2-9,17,20H,10-16H2,1H3,(H2,24,25,30). The molecular formula is C23H29N3O3S. The topological polar surface area (TPSA) is 55.0 Å². The molecule has 0 spiro atoms. The van der Waals surface area contributed by atoms with E-state index >= 15 is 0 Å². The predicted octanol–water partition coefficient (Wildman–Crippen LogP) is 3.53. The van der Waals surface area contributed by atoms with Gasteiger partial charge in [0.25, 0.3) is 0 Å². The monoisotopic (exact) mass is 427 g/mol. The molecule has 0 amide bonds. The van der Waals surface area contributed by atoms with E-state index in [2.05, 4.69) is 15.5 Å². The summed E-state index contributed by atoms with van der Waals surface area (Å²) in [5.41, 5.74) is 0.958. The summed E-state index contributed by atoms with van der Waals surface area (Å²) >= 11 is 5.43. The molecule has 0 bridgehead atoms. The minimum absolute atomic E-state index is 0.0934. The number of thiocarbonyl (C=S) groups is 1. The van der Waals surface area contributed by atoms with Gasteiger partial charge in [-0.2, -0.15) is 0 Å². The molecule has 30 heavy (non-hydrogen) atoms. The molecule has 2 aromatic carbocycles. The van der Waals surface area contributed by atoms with Crippen LogP contribution in [0, 0.1) is 5.92 Å². The van der Waals surface area contributed by atoms with E-state index in [-0.39, 0.29) is 6.10 Å². The lowest BCUT2D eigenvalue weighted by molar-refractivity contribution is 0.0480. The SMILES string of the molecule is COc1ccc(NC(=S)NCC2CCN(CC3COc4ccccc4O3)CC2)cc1. The largest absolute Gasteiger partial charge is 0.497 e. The average molecular weight is 428 g/mol. The molecule has 6 nitrogen and oxygen atoms in total. The number of nitrogens with zero attached hydrogens (tertiary/aromatic N) is 1. The van der Waals surface area contributed by atoms with Gasteiger partial charge in [-0.1, -0.05) is 12.1 Å². The summed E-state index contributed by atoms with van der Waals surface area (Å²) < 4.78 is 17.1. The third-order valence-corrected chi connectivity index (χ3v) is 5.88. The number of rotatable bonds is 6. The Labute approximate surface area is 183 Å². The van der Waals surface area contributed by atoms with Gasteiger partial charge in [-0.15, -0.1) is 0 Å². The third-order valence-electron chi connectivity index (χ3n) is 5.64. The van der Waals surface area contributed by atoms with Crippen molar-refractivity contribution in [3.63, 3.8) is 0 Å². The Morgan fingerprint density at radius 3 is 2.57 bits per heavy atom.